The minimum Gasteiger partial charge on any atom is -0.398 e. The first kappa shape index (κ1) is 12.0. The van der Waals surface area contributed by atoms with Crippen LogP contribution in [0.1, 0.15) is 4.88 Å². The van der Waals surface area contributed by atoms with Crippen LogP contribution in [0.4, 0.5) is 5.69 Å². The van der Waals surface area contributed by atoms with E-state index in [1.165, 1.54) is 17.4 Å². The van der Waals surface area contributed by atoms with Gasteiger partial charge in [-0.25, -0.2) is 13.1 Å². The molecule has 17 heavy (non-hydrogen) atoms. The van der Waals surface area contributed by atoms with E-state index in [9.17, 15) is 8.42 Å². The molecule has 0 spiro atoms. The Kier molecular flexibility index (Phi) is 3.41. The second kappa shape index (κ2) is 4.82. The van der Waals surface area contributed by atoms with Crippen LogP contribution < -0.4 is 10.5 Å². The van der Waals surface area contributed by atoms with Gasteiger partial charge in [-0.3, -0.25) is 4.98 Å². The van der Waals surface area contributed by atoms with Crippen molar-refractivity contribution >= 4 is 27.0 Å². The summed E-state index contributed by atoms with van der Waals surface area (Å²) in [7, 11) is -3.56. The average Bonchev–Trinajstić information content (AvgIpc) is 2.80. The van der Waals surface area contributed by atoms with Gasteiger partial charge >= 0.3 is 0 Å². The van der Waals surface area contributed by atoms with E-state index in [4.69, 9.17) is 5.73 Å². The predicted octanol–water partition coefficient (Wildman–Crippen LogP) is 1.20. The number of para-hydroxylation sites is 1. The summed E-state index contributed by atoms with van der Waals surface area (Å²) >= 11 is 1.39. The third kappa shape index (κ3) is 2.82. The highest BCUT2D eigenvalue weighted by Crippen LogP contribution is 2.17. The van der Waals surface area contributed by atoms with Crippen molar-refractivity contribution in [1.29, 1.82) is 0 Å². The van der Waals surface area contributed by atoms with Crippen molar-refractivity contribution in [3.05, 3.63) is 40.8 Å². The number of hydrogen-bond donors (Lipinski definition) is 2. The van der Waals surface area contributed by atoms with Crippen LogP contribution in [0.5, 0.6) is 0 Å². The summed E-state index contributed by atoms with van der Waals surface area (Å²) in [6.07, 6.45) is 1.63. The van der Waals surface area contributed by atoms with E-state index in [0.717, 1.165) is 4.88 Å². The molecule has 0 aliphatic heterocycles. The standard InChI is InChI=1S/C10H11N3O2S2/c11-9-3-1-2-4-10(9)17(14,15)13-6-8-5-12-7-16-8/h1-5,7,13H,6,11H2. The molecule has 1 aromatic carbocycles. The highest BCUT2D eigenvalue weighted by Gasteiger charge is 2.16. The zero-order valence-electron chi connectivity index (χ0n) is 8.83. The molecule has 5 nitrogen and oxygen atoms in total. The molecule has 0 amide bonds. The Morgan fingerprint density at radius 2 is 2.12 bits per heavy atom. The third-order valence-electron chi connectivity index (χ3n) is 2.13. The number of nitrogens with zero attached hydrogens (tertiary/aromatic N) is 1. The number of anilines is 1. The van der Waals surface area contributed by atoms with E-state index < -0.39 is 10.0 Å². The fourth-order valence-electron chi connectivity index (χ4n) is 1.30. The van der Waals surface area contributed by atoms with Gasteiger partial charge in [-0.05, 0) is 12.1 Å². The molecule has 0 unspecified atom stereocenters. The van der Waals surface area contributed by atoms with Crippen molar-refractivity contribution in [2.24, 2.45) is 0 Å². The SMILES string of the molecule is Nc1ccccc1S(=O)(=O)NCc1cncs1. The topological polar surface area (TPSA) is 85.1 Å². The van der Waals surface area contributed by atoms with E-state index in [-0.39, 0.29) is 17.1 Å². The lowest BCUT2D eigenvalue weighted by atomic mass is 10.3. The maximum absolute atomic E-state index is 11.9. The summed E-state index contributed by atoms with van der Waals surface area (Å²) in [5.41, 5.74) is 7.52. The molecule has 3 N–H and O–H groups in total. The number of nitrogens with two attached hydrogens (primary N) is 1. The minimum atomic E-state index is -3.56. The second-order valence-corrected chi connectivity index (χ2v) is 6.04. The lowest BCUT2D eigenvalue weighted by Gasteiger charge is -2.07. The van der Waals surface area contributed by atoms with Gasteiger partial charge in [0.2, 0.25) is 10.0 Å². The van der Waals surface area contributed by atoms with Gasteiger partial charge in [0.25, 0.3) is 0 Å². The first-order valence-electron chi connectivity index (χ1n) is 4.81. The lowest BCUT2D eigenvalue weighted by Crippen LogP contribution is -2.23. The molecule has 1 aromatic heterocycles. The van der Waals surface area contributed by atoms with Gasteiger partial charge in [-0.1, -0.05) is 12.1 Å². The number of rotatable bonds is 4. The molecule has 0 saturated carbocycles. The molecule has 0 bridgehead atoms. The normalized spacial score (nSPS) is 11.5. The summed E-state index contributed by atoms with van der Waals surface area (Å²) in [4.78, 5) is 4.82. The van der Waals surface area contributed by atoms with Crippen LogP contribution in [-0.4, -0.2) is 13.4 Å². The Hall–Kier alpha value is -1.44. The number of hydrogen-bond acceptors (Lipinski definition) is 5. The van der Waals surface area contributed by atoms with Crippen molar-refractivity contribution in [1.82, 2.24) is 9.71 Å². The first-order chi connectivity index (χ1) is 8.09. The van der Waals surface area contributed by atoms with Crippen molar-refractivity contribution in [3.63, 3.8) is 0 Å². The molecular weight excluding hydrogens is 258 g/mol. The fourth-order valence-corrected chi connectivity index (χ4v) is 3.06. The number of sulfonamides is 1. The van der Waals surface area contributed by atoms with Crippen LogP contribution in [0.3, 0.4) is 0 Å². The average molecular weight is 269 g/mol. The summed E-state index contributed by atoms with van der Waals surface area (Å²) in [5.74, 6) is 0. The van der Waals surface area contributed by atoms with Crippen molar-refractivity contribution in [2.45, 2.75) is 11.4 Å². The molecule has 1 heterocycles. The molecular formula is C10H11N3O2S2. The third-order valence-corrected chi connectivity index (χ3v) is 4.38. The predicted molar refractivity (Wildman–Crippen MR) is 67.0 cm³/mol. The Morgan fingerprint density at radius 3 is 2.76 bits per heavy atom. The van der Waals surface area contributed by atoms with Crippen LogP contribution in [-0.2, 0) is 16.6 Å². The van der Waals surface area contributed by atoms with Crippen LogP contribution >= 0.6 is 11.3 Å². The summed E-state index contributed by atoms with van der Waals surface area (Å²) in [6.45, 7) is 0.224. The van der Waals surface area contributed by atoms with Crippen molar-refractivity contribution < 1.29 is 8.42 Å². The van der Waals surface area contributed by atoms with Crippen LogP contribution in [0, 0.1) is 0 Å². The molecule has 0 saturated heterocycles. The molecule has 0 atom stereocenters. The van der Waals surface area contributed by atoms with Gasteiger partial charge in [0.15, 0.2) is 0 Å². The van der Waals surface area contributed by atoms with Gasteiger partial charge in [0.05, 0.1) is 11.2 Å². The summed E-state index contributed by atoms with van der Waals surface area (Å²) in [5, 5.41) is 0. The number of benzene rings is 1. The van der Waals surface area contributed by atoms with Crippen LogP contribution in [0.2, 0.25) is 0 Å². The first-order valence-corrected chi connectivity index (χ1v) is 7.17. The molecule has 0 aliphatic carbocycles. The smallest absolute Gasteiger partial charge is 0.242 e. The quantitative estimate of drug-likeness (QED) is 0.817. The largest absolute Gasteiger partial charge is 0.398 e. The minimum absolute atomic E-state index is 0.101. The summed E-state index contributed by atoms with van der Waals surface area (Å²) in [6, 6.07) is 6.36. The number of nitrogens with one attached hydrogen (secondary N) is 1. The highest BCUT2D eigenvalue weighted by atomic mass is 32.2. The Morgan fingerprint density at radius 1 is 1.35 bits per heavy atom. The zero-order valence-corrected chi connectivity index (χ0v) is 10.5. The van der Waals surface area contributed by atoms with Crippen LogP contribution in [0.15, 0.2) is 40.9 Å². The maximum atomic E-state index is 11.9. The molecule has 7 heteroatoms. The number of aromatic nitrogens is 1. The van der Waals surface area contributed by atoms with Crippen LogP contribution in [0.25, 0.3) is 0 Å². The van der Waals surface area contributed by atoms with Crippen molar-refractivity contribution in [2.75, 3.05) is 5.73 Å². The molecule has 90 valence electrons. The summed E-state index contributed by atoms with van der Waals surface area (Å²) < 4.78 is 26.4. The second-order valence-electron chi connectivity index (χ2n) is 3.33. The Bertz CT molecular complexity index is 594. The van der Waals surface area contributed by atoms with Gasteiger partial charge in [0.1, 0.15) is 4.90 Å². The lowest BCUT2D eigenvalue weighted by molar-refractivity contribution is 0.582. The van der Waals surface area contributed by atoms with E-state index in [2.05, 4.69) is 9.71 Å². The van der Waals surface area contributed by atoms with E-state index in [1.54, 1.807) is 29.9 Å². The maximum Gasteiger partial charge on any atom is 0.242 e. The molecule has 2 rings (SSSR count). The van der Waals surface area contributed by atoms with Gasteiger partial charge in [0, 0.05) is 17.6 Å². The van der Waals surface area contributed by atoms with E-state index in [0.29, 0.717) is 0 Å². The highest BCUT2D eigenvalue weighted by molar-refractivity contribution is 7.89. The van der Waals surface area contributed by atoms with Gasteiger partial charge < -0.3 is 5.73 Å². The van der Waals surface area contributed by atoms with E-state index >= 15 is 0 Å². The zero-order chi connectivity index (χ0) is 12.3. The molecule has 2 aromatic rings. The Labute approximate surface area is 103 Å². The number of thiazole rings is 1. The van der Waals surface area contributed by atoms with Gasteiger partial charge in [-0.2, -0.15) is 0 Å². The van der Waals surface area contributed by atoms with E-state index in [1.807, 2.05) is 0 Å². The molecule has 0 radical (unpaired) electrons. The monoisotopic (exact) mass is 269 g/mol. The molecule has 0 fully saturated rings. The number of nitrogen functional groups attached to an aromatic ring is 1. The van der Waals surface area contributed by atoms with Crippen molar-refractivity contribution in [3.8, 4) is 0 Å². The molecule has 0 aliphatic rings. The fraction of sp³-hybridized carbons (Fsp3) is 0.100. The Balaban J connectivity index is 2.17. The van der Waals surface area contributed by atoms with Gasteiger partial charge in [-0.15, -0.1) is 11.3 Å².